The maximum atomic E-state index is 12.1. The molecule has 0 bridgehead atoms. The van der Waals surface area contributed by atoms with Gasteiger partial charge >= 0.3 is 0 Å². The lowest BCUT2D eigenvalue weighted by Gasteiger charge is -2.05. The Morgan fingerprint density at radius 3 is 2.83 bits per heavy atom. The Balaban J connectivity index is 2.34. The monoisotopic (exact) mass is 267 g/mol. The van der Waals surface area contributed by atoms with Gasteiger partial charge in [0.15, 0.2) is 0 Å². The van der Waals surface area contributed by atoms with Gasteiger partial charge in [-0.1, -0.05) is 0 Å². The maximum absolute atomic E-state index is 12.1. The van der Waals surface area contributed by atoms with E-state index in [-0.39, 0.29) is 11.4 Å². The molecule has 6 nitrogen and oxygen atoms in total. The first-order valence-corrected chi connectivity index (χ1v) is 6.73. The zero-order valence-electron chi connectivity index (χ0n) is 9.75. The summed E-state index contributed by atoms with van der Waals surface area (Å²) in [4.78, 5) is 3.93. The SMILES string of the molecule is Cc1oc(CN)cc1S(=O)(=O)Nc1cccnc1. The molecule has 2 heterocycles. The molecule has 0 atom stereocenters. The van der Waals surface area contributed by atoms with Crippen molar-refractivity contribution >= 4 is 15.7 Å². The highest BCUT2D eigenvalue weighted by molar-refractivity contribution is 7.92. The van der Waals surface area contributed by atoms with Gasteiger partial charge in [0, 0.05) is 12.3 Å². The third-order valence-corrected chi connectivity index (χ3v) is 3.82. The molecule has 0 aliphatic heterocycles. The molecule has 0 amide bonds. The van der Waals surface area contributed by atoms with Crippen molar-refractivity contribution < 1.29 is 12.8 Å². The van der Waals surface area contributed by atoms with Gasteiger partial charge in [0.1, 0.15) is 16.4 Å². The predicted molar refractivity (Wildman–Crippen MR) is 66.4 cm³/mol. The van der Waals surface area contributed by atoms with Crippen molar-refractivity contribution in [3.8, 4) is 0 Å². The summed E-state index contributed by atoms with van der Waals surface area (Å²) in [5.74, 6) is 0.742. The number of furan rings is 1. The van der Waals surface area contributed by atoms with E-state index < -0.39 is 10.0 Å². The maximum Gasteiger partial charge on any atom is 0.265 e. The van der Waals surface area contributed by atoms with Crippen molar-refractivity contribution in [2.45, 2.75) is 18.4 Å². The molecule has 0 spiro atoms. The van der Waals surface area contributed by atoms with E-state index in [1.165, 1.54) is 12.3 Å². The van der Waals surface area contributed by atoms with Crippen LogP contribution in [0.15, 0.2) is 39.9 Å². The summed E-state index contributed by atoms with van der Waals surface area (Å²) in [5, 5.41) is 0. The average molecular weight is 267 g/mol. The molecule has 2 aromatic heterocycles. The van der Waals surface area contributed by atoms with Crippen LogP contribution in [0, 0.1) is 6.92 Å². The van der Waals surface area contributed by atoms with Crippen molar-refractivity contribution in [3.63, 3.8) is 0 Å². The number of nitrogens with two attached hydrogens (primary N) is 1. The molecule has 0 unspecified atom stereocenters. The van der Waals surface area contributed by atoms with E-state index in [4.69, 9.17) is 10.2 Å². The van der Waals surface area contributed by atoms with E-state index in [1.54, 1.807) is 25.3 Å². The van der Waals surface area contributed by atoms with Crippen LogP contribution in [-0.4, -0.2) is 13.4 Å². The van der Waals surface area contributed by atoms with Crippen LogP contribution in [-0.2, 0) is 16.6 Å². The van der Waals surface area contributed by atoms with Crippen LogP contribution in [0.5, 0.6) is 0 Å². The second-order valence-corrected chi connectivity index (χ2v) is 5.34. The zero-order chi connectivity index (χ0) is 13.2. The molecule has 0 aliphatic rings. The van der Waals surface area contributed by atoms with Gasteiger partial charge in [-0.2, -0.15) is 0 Å². The molecule has 0 fully saturated rings. The fourth-order valence-electron chi connectivity index (χ4n) is 1.52. The lowest BCUT2D eigenvalue weighted by Crippen LogP contribution is -2.13. The van der Waals surface area contributed by atoms with E-state index in [9.17, 15) is 8.42 Å². The molecule has 0 aliphatic carbocycles. The lowest BCUT2D eigenvalue weighted by molar-refractivity contribution is 0.479. The van der Waals surface area contributed by atoms with Crippen LogP contribution in [0.3, 0.4) is 0 Å². The molecular weight excluding hydrogens is 254 g/mol. The van der Waals surface area contributed by atoms with Crippen molar-refractivity contribution in [2.75, 3.05) is 4.72 Å². The first kappa shape index (κ1) is 12.6. The Labute approximate surface area is 105 Å². The molecule has 0 aromatic carbocycles. The lowest BCUT2D eigenvalue weighted by atomic mass is 10.4. The molecular formula is C11H13N3O3S. The van der Waals surface area contributed by atoms with Crippen molar-refractivity contribution in [2.24, 2.45) is 5.73 Å². The summed E-state index contributed by atoms with van der Waals surface area (Å²) in [7, 11) is -3.67. The number of rotatable bonds is 4. The number of pyridine rings is 1. The van der Waals surface area contributed by atoms with Gasteiger partial charge in [0.25, 0.3) is 10.0 Å². The highest BCUT2D eigenvalue weighted by atomic mass is 32.2. The summed E-state index contributed by atoms with van der Waals surface area (Å²) in [6.07, 6.45) is 2.99. The van der Waals surface area contributed by atoms with Crippen LogP contribution in [0.4, 0.5) is 5.69 Å². The first-order chi connectivity index (χ1) is 8.53. The molecule has 2 rings (SSSR count). The standard InChI is InChI=1S/C11H13N3O3S/c1-8-11(5-10(6-12)17-8)18(15,16)14-9-3-2-4-13-7-9/h2-5,7,14H,6,12H2,1H3. The van der Waals surface area contributed by atoms with E-state index in [2.05, 4.69) is 9.71 Å². The Morgan fingerprint density at radius 2 is 2.28 bits per heavy atom. The molecule has 0 saturated carbocycles. The number of aromatic nitrogens is 1. The Bertz CT molecular complexity index is 635. The minimum absolute atomic E-state index is 0.0896. The first-order valence-electron chi connectivity index (χ1n) is 5.25. The molecule has 0 radical (unpaired) electrons. The third-order valence-electron chi connectivity index (χ3n) is 2.33. The summed E-state index contributed by atoms with van der Waals surface area (Å²) in [5.41, 5.74) is 5.80. The third kappa shape index (κ3) is 2.52. The Hall–Kier alpha value is -1.86. The smallest absolute Gasteiger partial charge is 0.265 e. The number of nitrogens with zero attached hydrogens (tertiary/aromatic N) is 1. The summed E-state index contributed by atoms with van der Waals surface area (Å²) in [6.45, 7) is 1.74. The van der Waals surface area contributed by atoms with E-state index in [0.29, 0.717) is 17.2 Å². The van der Waals surface area contributed by atoms with Crippen molar-refractivity contribution in [1.29, 1.82) is 0 Å². The molecule has 3 N–H and O–H groups in total. The molecule has 7 heteroatoms. The molecule has 0 saturated heterocycles. The Kier molecular flexibility index (Phi) is 3.35. The van der Waals surface area contributed by atoms with Gasteiger partial charge in [0.2, 0.25) is 0 Å². The van der Waals surface area contributed by atoms with E-state index in [1.807, 2.05) is 0 Å². The quantitative estimate of drug-likeness (QED) is 0.868. The number of hydrogen-bond donors (Lipinski definition) is 2. The van der Waals surface area contributed by atoms with Crippen LogP contribution < -0.4 is 10.5 Å². The molecule has 18 heavy (non-hydrogen) atoms. The van der Waals surface area contributed by atoms with Crippen LogP contribution in [0.25, 0.3) is 0 Å². The zero-order valence-corrected chi connectivity index (χ0v) is 10.6. The summed E-state index contributed by atoms with van der Waals surface area (Å²) >= 11 is 0. The average Bonchev–Trinajstić information content (AvgIpc) is 2.72. The highest BCUT2D eigenvalue weighted by Gasteiger charge is 2.21. The highest BCUT2D eigenvalue weighted by Crippen LogP contribution is 2.22. The molecule has 96 valence electrons. The number of anilines is 1. The normalized spacial score (nSPS) is 11.4. The summed E-state index contributed by atoms with van der Waals surface area (Å²) in [6, 6.07) is 4.68. The molecule has 2 aromatic rings. The van der Waals surface area contributed by atoms with E-state index in [0.717, 1.165) is 0 Å². The van der Waals surface area contributed by atoms with E-state index >= 15 is 0 Å². The van der Waals surface area contributed by atoms with Gasteiger partial charge in [-0.3, -0.25) is 9.71 Å². The van der Waals surface area contributed by atoms with Crippen LogP contribution in [0.2, 0.25) is 0 Å². The number of sulfonamides is 1. The van der Waals surface area contributed by atoms with Gasteiger partial charge in [-0.15, -0.1) is 0 Å². The van der Waals surface area contributed by atoms with Gasteiger partial charge < -0.3 is 10.2 Å². The summed E-state index contributed by atoms with van der Waals surface area (Å²) < 4.78 is 31.9. The van der Waals surface area contributed by atoms with Crippen LogP contribution in [0.1, 0.15) is 11.5 Å². The van der Waals surface area contributed by atoms with Gasteiger partial charge in [-0.05, 0) is 19.1 Å². The van der Waals surface area contributed by atoms with Gasteiger partial charge in [0.05, 0.1) is 18.4 Å². The van der Waals surface area contributed by atoms with Gasteiger partial charge in [-0.25, -0.2) is 8.42 Å². The minimum Gasteiger partial charge on any atom is -0.464 e. The van der Waals surface area contributed by atoms with Crippen molar-refractivity contribution in [1.82, 2.24) is 4.98 Å². The fraction of sp³-hybridized carbons (Fsp3) is 0.182. The predicted octanol–water partition coefficient (Wildman–Crippen LogP) is 1.24. The number of aryl methyl sites for hydroxylation is 1. The Morgan fingerprint density at radius 1 is 1.50 bits per heavy atom. The second kappa shape index (κ2) is 4.79. The van der Waals surface area contributed by atoms with Crippen LogP contribution >= 0.6 is 0 Å². The fourth-order valence-corrected chi connectivity index (χ4v) is 2.77. The number of hydrogen-bond acceptors (Lipinski definition) is 5. The second-order valence-electron chi connectivity index (χ2n) is 3.68. The largest absolute Gasteiger partial charge is 0.464 e. The minimum atomic E-state index is -3.67. The topological polar surface area (TPSA) is 98.2 Å². The van der Waals surface area contributed by atoms with Crippen molar-refractivity contribution in [3.05, 3.63) is 42.1 Å². The number of nitrogens with one attached hydrogen (secondary N) is 1.